The second kappa shape index (κ2) is 9.75. The monoisotopic (exact) mass is 477 g/mol. The Labute approximate surface area is 198 Å². The molecule has 0 radical (unpaired) electrons. The van der Waals surface area contributed by atoms with Crippen molar-refractivity contribution in [2.45, 2.75) is 13.3 Å². The quantitative estimate of drug-likeness (QED) is 0.285. The van der Waals surface area contributed by atoms with Crippen molar-refractivity contribution in [1.29, 1.82) is 0 Å². The summed E-state index contributed by atoms with van der Waals surface area (Å²) >= 11 is 0.693. The molecular weight excluding hydrogens is 458 g/mol. The smallest absolute Gasteiger partial charge is 0.294 e. The minimum absolute atomic E-state index is 0.0913. The van der Waals surface area contributed by atoms with Crippen LogP contribution < -0.4 is 5.32 Å². The van der Waals surface area contributed by atoms with Crippen LogP contribution in [0.2, 0.25) is 0 Å². The van der Waals surface area contributed by atoms with Crippen LogP contribution in [-0.2, 0) is 16.0 Å². The lowest BCUT2D eigenvalue weighted by Gasteiger charge is -2.12. The number of furan rings is 1. The molecule has 9 nitrogen and oxygen atoms in total. The van der Waals surface area contributed by atoms with Crippen molar-refractivity contribution >= 4 is 46.3 Å². The third-order valence-electron chi connectivity index (χ3n) is 5.09. The summed E-state index contributed by atoms with van der Waals surface area (Å²) in [5.41, 5.74) is 1.88. The normalized spacial score (nSPS) is 14.6. The summed E-state index contributed by atoms with van der Waals surface area (Å²) in [7, 11) is 0. The average Bonchev–Trinajstić information content (AvgIpc) is 3.40. The number of benzene rings is 2. The van der Waals surface area contributed by atoms with Crippen molar-refractivity contribution in [2.24, 2.45) is 0 Å². The number of nitrogens with one attached hydrogen (secondary N) is 1. The molecule has 172 valence electrons. The van der Waals surface area contributed by atoms with Crippen LogP contribution in [0.15, 0.2) is 70.0 Å². The third kappa shape index (κ3) is 4.91. The number of carbonyl (C=O) groups excluding carboxylic acids is 3. The number of hydrogen-bond acceptors (Lipinski definition) is 7. The minimum Gasteiger partial charge on any atom is -0.456 e. The van der Waals surface area contributed by atoms with E-state index >= 15 is 0 Å². The summed E-state index contributed by atoms with van der Waals surface area (Å²) in [4.78, 5) is 49.1. The molecule has 2 aromatic carbocycles. The molecule has 0 spiro atoms. The number of aryl methyl sites for hydroxylation is 1. The number of thioether (sulfide) groups is 1. The van der Waals surface area contributed by atoms with Gasteiger partial charge in [0.25, 0.3) is 16.8 Å². The van der Waals surface area contributed by atoms with Gasteiger partial charge in [-0.1, -0.05) is 31.2 Å². The lowest BCUT2D eigenvalue weighted by molar-refractivity contribution is -0.384. The highest BCUT2D eigenvalue weighted by Crippen LogP contribution is 2.35. The minimum atomic E-state index is -0.616. The third-order valence-corrected chi connectivity index (χ3v) is 5.99. The Hall–Kier alpha value is -4.18. The van der Waals surface area contributed by atoms with E-state index in [9.17, 15) is 24.5 Å². The van der Waals surface area contributed by atoms with Crippen LogP contribution in [0.4, 0.5) is 16.2 Å². The number of hydrogen-bond donors (Lipinski definition) is 1. The van der Waals surface area contributed by atoms with Gasteiger partial charge in [0.1, 0.15) is 18.1 Å². The average molecular weight is 477 g/mol. The first-order valence-corrected chi connectivity index (χ1v) is 11.1. The summed E-state index contributed by atoms with van der Waals surface area (Å²) in [5.74, 6) is -0.607. The predicted octanol–water partition coefficient (Wildman–Crippen LogP) is 5.09. The van der Waals surface area contributed by atoms with Crippen molar-refractivity contribution in [1.82, 2.24) is 4.90 Å². The maximum Gasteiger partial charge on any atom is 0.294 e. The molecule has 3 amide bonds. The summed E-state index contributed by atoms with van der Waals surface area (Å²) in [5, 5.41) is 13.4. The number of amides is 3. The van der Waals surface area contributed by atoms with E-state index in [1.807, 2.05) is 19.1 Å². The molecule has 0 atom stereocenters. The van der Waals surface area contributed by atoms with Gasteiger partial charge >= 0.3 is 0 Å². The molecule has 0 saturated carbocycles. The van der Waals surface area contributed by atoms with Gasteiger partial charge in [0.15, 0.2) is 0 Å². The van der Waals surface area contributed by atoms with Gasteiger partial charge in [-0.15, -0.1) is 0 Å². The Morgan fingerprint density at radius 3 is 2.56 bits per heavy atom. The Bertz CT molecular complexity index is 1310. The van der Waals surface area contributed by atoms with Crippen molar-refractivity contribution in [2.75, 3.05) is 11.9 Å². The zero-order valence-electron chi connectivity index (χ0n) is 18.0. The second-order valence-electron chi connectivity index (χ2n) is 7.34. The van der Waals surface area contributed by atoms with E-state index in [0.29, 0.717) is 23.0 Å². The zero-order valence-corrected chi connectivity index (χ0v) is 18.8. The molecule has 1 saturated heterocycles. The van der Waals surface area contributed by atoms with Gasteiger partial charge in [-0.2, -0.15) is 0 Å². The molecule has 0 bridgehead atoms. The van der Waals surface area contributed by atoms with Gasteiger partial charge < -0.3 is 9.73 Å². The molecule has 1 fully saturated rings. The highest BCUT2D eigenvalue weighted by Gasteiger charge is 2.36. The van der Waals surface area contributed by atoms with Gasteiger partial charge in [-0.25, -0.2) is 0 Å². The Balaban J connectivity index is 1.46. The molecule has 1 aromatic heterocycles. The number of anilines is 1. The Morgan fingerprint density at radius 1 is 1.12 bits per heavy atom. The fraction of sp³-hybridized carbons (Fsp3) is 0.125. The van der Waals surface area contributed by atoms with Crippen LogP contribution in [0, 0.1) is 10.1 Å². The van der Waals surface area contributed by atoms with E-state index in [2.05, 4.69) is 5.32 Å². The first-order chi connectivity index (χ1) is 16.4. The highest BCUT2D eigenvalue weighted by molar-refractivity contribution is 8.18. The number of nitrogens with zero attached hydrogens (tertiary/aromatic N) is 2. The first-order valence-electron chi connectivity index (χ1n) is 10.3. The van der Waals surface area contributed by atoms with Gasteiger partial charge in [0.05, 0.1) is 15.4 Å². The summed E-state index contributed by atoms with van der Waals surface area (Å²) < 4.78 is 5.66. The summed E-state index contributed by atoms with van der Waals surface area (Å²) in [6.45, 7) is 1.60. The van der Waals surface area contributed by atoms with Crippen molar-refractivity contribution in [3.05, 3.63) is 87.0 Å². The van der Waals surface area contributed by atoms with Crippen LogP contribution >= 0.6 is 11.8 Å². The molecule has 1 N–H and O–H groups in total. The van der Waals surface area contributed by atoms with Crippen LogP contribution in [0.5, 0.6) is 0 Å². The number of rotatable bonds is 7. The van der Waals surface area contributed by atoms with Gasteiger partial charge in [0.2, 0.25) is 5.91 Å². The lowest BCUT2D eigenvalue weighted by Crippen LogP contribution is -2.36. The van der Waals surface area contributed by atoms with Crippen LogP contribution in [0.25, 0.3) is 17.4 Å². The number of nitro benzene ring substituents is 1. The van der Waals surface area contributed by atoms with E-state index in [0.717, 1.165) is 16.9 Å². The highest BCUT2D eigenvalue weighted by atomic mass is 32.2. The molecule has 10 heteroatoms. The van der Waals surface area contributed by atoms with Crippen LogP contribution in [0.3, 0.4) is 0 Å². The molecule has 1 aliphatic rings. The maximum atomic E-state index is 12.7. The van der Waals surface area contributed by atoms with E-state index in [-0.39, 0.29) is 22.1 Å². The van der Waals surface area contributed by atoms with Crippen LogP contribution in [-0.4, -0.2) is 33.4 Å². The van der Waals surface area contributed by atoms with Crippen molar-refractivity contribution < 1.29 is 23.7 Å². The van der Waals surface area contributed by atoms with Gasteiger partial charge in [-0.3, -0.25) is 29.4 Å². The Morgan fingerprint density at radius 2 is 1.85 bits per heavy atom. The second-order valence-corrected chi connectivity index (χ2v) is 8.34. The molecule has 4 rings (SSSR count). The summed E-state index contributed by atoms with van der Waals surface area (Å²) in [6.07, 6.45) is 2.25. The number of para-hydroxylation sites is 1. The fourth-order valence-electron chi connectivity index (χ4n) is 3.35. The number of carbonyl (C=O) groups is 3. The van der Waals surface area contributed by atoms with Gasteiger partial charge in [-0.05, 0) is 54.1 Å². The number of nitro groups is 1. The molecule has 0 unspecified atom stereocenters. The van der Waals surface area contributed by atoms with Crippen molar-refractivity contribution in [3.8, 4) is 11.3 Å². The Kier molecular flexibility index (Phi) is 6.60. The molecule has 2 heterocycles. The van der Waals surface area contributed by atoms with E-state index in [1.54, 1.807) is 42.5 Å². The van der Waals surface area contributed by atoms with Gasteiger partial charge in [0, 0.05) is 17.8 Å². The fourth-order valence-corrected chi connectivity index (χ4v) is 4.17. The first kappa shape index (κ1) is 23.0. The molecule has 1 aliphatic heterocycles. The predicted molar refractivity (Wildman–Crippen MR) is 128 cm³/mol. The van der Waals surface area contributed by atoms with E-state index in [1.165, 1.54) is 12.1 Å². The standard InChI is InChI=1S/C24H19N3O6S/c1-2-15-7-9-16(10-8-15)25-22(28)14-26-23(29)21(34-24(26)30)13-17-11-12-20(33-17)18-5-3-4-6-19(18)27(31)32/h3-13H,2,14H2,1H3,(H,25,28)/b21-13+. The molecule has 3 aromatic rings. The molecule has 0 aliphatic carbocycles. The van der Waals surface area contributed by atoms with Crippen LogP contribution in [0.1, 0.15) is 18.2 Å². The topological polar surface area (TPSA) is 123 Å². The largest absolute Gasteiger partial charge is 0.456 e. The van der Waals surface area contributed by atoms with E-state index < -0.39 is 28.5 Å². The maximum absolute atomic E-state index is 12.7. The van der Waals surface area contributed by atoms with E-state index in [4.69, 9.17) is 4.42 Å². The molecular formula is C24H19N3O6S. The zero-order chi connectivity index (χ0) is 24.2. The summed E-state index contributed by atoms with van der Waals surface area (Å²) in [6, 6.07) is 16.5. The molecule has 34 heavy (non-hydrogen) atoms. The lowest BCUT2D eigenvalue weighted by atomic mass is 10.1. The number of imide groups is 1. The SMILES string of the molecule is CCc1ccc(NC(=O)CN2C(=O)S/C(=C/c3ccc(-c4ccccc4[N+](=O)[O-])o3)C2=O)cc1. The van der Waals surface area contributed by atoms with Crippen molar-refractivity contribution in [3.63, 3.8) is 0 Å².